The molecule has 7 nitrogen and oxygen atoms in total. The number of amides is 3. The van der Waals surface area contributed by atoms with Gasteiger partial charge in [-0.15, -0.1) is 0 Å². The first-order chi connectivity index (χ1) is 15.1. The highest BCUT2D eigenvalue weighted by atomic mass is 16.5. The second kappa shape index (κ2) is 11.2. The van der Waals surface area contributed by atoms with Crippen LogP contribution in [0.4, 0.5) is 4.79 Å². The lowest BCUT2D eigenvalue weighted by molar-refractivity contribution is -0.123. The first-order valence-electron chi connectivity index (χ1n) is 9.66. The number of esters is 1. The van der Waals surface area contributed by atoms with E-state index in [0.29, 0.717) is 5.75 Å². The number of carbonyl (C=O) groups excluding carboxylic acids is 3. The molecule has 3 rings (SSSR count). The Morgan fingerprint density at radius 3 is 2.06 bits per heavy atom. The second-order valence-corrected chi connectivity index (χ2v) is 6.56. The summed E-state index contributed by atoms with van der Waals surface area (Å²) in [5, 5.41) is 4.68. The second-order valence-electron chi connectivity index (χ2n) is 6.56. The number of rotatable bonds is 8. The van der Waals surface area contributed by atoms with Crippen LogP contribution in [0.3, 0.4) is 0 Å². The fourth-order valence-electron chi connectivity index (χ4n) is 2.69. The summed E-state index contributed by atoms with van der Waals surface area (Å²) in [4.78, 5) is 36.1. The molecule has 0 spiro atoms. The Morgan fingerprint density at radius 1 is 0.742 bits per heavy atom. The number of benzene rings is 3. The van der Waals surface area contributed by atoms with Crippen molar-refractivity contribution in [2.45, 2.75) is 13.2 Å². The summed E-state index contributed by atoms with van der Waals surface area (Å²) in [6.07, 6.45) is 0. The van der Waals surface area contributed by atoms with Crippen molar-refractivity contribution in [2.75, 3.05) is 6.61 Å². The average Bonchev–Trinajstić information content (AvgIpc) is 2.81. The molecule has 3 aromatic carbocycles. The predicted molar refractivity (Wildman–Crippen MR) is 114 cm³/mol. The summed E-state index contributed by atoms with van der Waals surface area (Å²) in [6, 6.07) is 24.7. The molecule has 0 unspecified atom stereocenters. The molecule has 0 aliphatic carbocycles. The fraction of sp³-hybridized carbons (Fsp3) is 0.125. The highest BCUT2D eigenvalue weighted by Gasteiger charge is 2.16. The van der Waals surface area contributed by atoms with Crippen molar-refractivity contribution < 1.29 is 23.9 Å². The minimum absolute atomic E-state index is 0.194. The standard InChI is InChI=1S/C24H22N2O5/c27-22(26-24(29)25-15-18-9-3-1-4-10-18)17-31-23(28)20-13-7-8-14-21(20)30-16-19-11-5-2-6-12-19/h1-14H,15-17H2,(H2,25,26,27,29). The van der Waals surface area contributed by atoms with Crippen molar-refractivity contribution in [1.82, 2.24) is 10.6 Å². The van der Waals surface area contributed by atoms with E-state index in [4.69, 9.17) is 9.47 Å². The van der Waals surface area contributed by atoms with E-state index in [1.54, 1.807) is 24.3 Å². The Kier molecular flexibility index (Phi) is 7.77. The zero-order valence-corrected chi connectivity index (χ0v) is 16.7. The molecule has 3 amide bonds. The van der Waals surface area contributed by atoms with Gasteiger partial charge in [0.15, 0.2) is 6.61 Å². The van der Waals surface area contributed by atoms with Crippen molar-refractivity contribution >= 4 is 17.9 Å². The predicted octanol–water partition coefficient (Wildman–Crippen LogP) is 3.45. The zero-order valence-electron chi connectivity index (χ0n) is 16.7. The third-order valence-corrected chi connectivity index (χ3v) is 4.23. The Bertz CT molecular complexity index is 1020. The van der Waals surface area contributed by atoms with E-state index >= 15 is 0 Å². The van der Waals surface area contributed by atoms with E-state index in [9.17, 15) is 14.4 Å². The van der Waals surface area contributed by atoms with Crippen molar-refractivity contribution in [2.24, 2.45) is 0 Å². The van der Waals surface area contributed by atoms with E-state index in [2.05, 4.69) is 10.6 Å². The average molecular weight is 418 g/mol. The maximum absolute atomic E-state index is 12.4. The van der Waals surface area contributed by atoms with Gasteiger partial charge in [0, 0.05) is 6.54 Å². The number of hydrogen-bond acceptors (Lipinski definition) is 5. The summed E-state index contributed by atoms with van der Waals surface area (Å²) in [5.74, 6) is -1.11. The Hall–Kier alpha value is -4.13. The number of ether oxygens (including phenoxy) is 2. The van der Waals surface area contributed by atoms with Crippen LogP contribution in [0.5, 0.6) is 5.75 Å². The number of carbonyl (C=O) groups is 3. The van der Waals surface area contributed by atoms with Crippen LogP contribution in [0.25, 0.3) is 0 Å². The third-order valence-electron chi connectivity index (χ3n) is 4.23. The topological polar surface area (TPSA) is 93.7 Å². The molecule has 31 heavy (non-hydrogen) atoms. The molecule has 0 saturated carbocycles. The summed E-state index contributed by atoms with van der Waals surface area (Å²) in [6.45, 7) is -0.0380. The van der Waals surface area contributed by atoms with Gasteiger partial charge in [-0.05, 0) is 23.3 Å². The van der Waals surface area contributed by atoms with Crippen LogP contribution >= 0.6 is 0 Å². The van der Waals surface area contributed by atoms with Gasteiger partial charge < -0.3 is 14.8 Å². The van der Waals surface area contributed by atoms with E-state index in [1.165, 1.54) is 0 Å². The molecule has 0 aliphatic heterocycles. The number of nitrogens with one attached hydrogen (secondary N) is 2. The first-order valence-corrected chi connectivity index (χ1v) is 9.66. The van der Waals surface area contributed by atoms with Crippen LogP contribution in [0, 0.1) is 0 Å². The van der Waals surface area contributed by atoms with Gasteiger partial charge >= 0.3 is 12.0 Å². The summed E-state index contributed by atoms with van der Waals surface area (Å²) < 4.78 is 10.8. The fourth-order valence-corrected chi connectivity index (χ4v) is 2.69. The molecule has 0 radical (unpaired) electrons. The van der Waals surface area contributed by atoms with Gasteiger partial charge in [-0.3, -0.25) is 10.1 Å². The molecular formula is C24H22N2O5. The molecule has 7 heteroatoms. The Labute approximate surface area is 180 Å². The lowest BCUT2D eigenvalue weighted by Crippen LogP contribution is -2.41. The smallest absolute Gasteiger partial charge is 0.342 e. The molecular weight excluding hydrogens is 396 g/mol. The third kappa shape index (κ3) is 7.01. The van der Waals surface area contributed by atoms with E-state index in [-0.39, 0.29) is 18.7 Å². The van der Waals surface area contributed by atoms with Crippen LogP contribution in [-0.2, 0) is 22.7 Å². The largest absolute Gasteiger partial charge is 0.488 e. The molecule has 0 atom stereocenters. The van der Waals surface area contributed by atoms with Crippen LogP contribution in [0.1, 0.15) is 21.5 Å². The Morgan fingerprint density at radius 2 is 1.35 bits per heavy atom. The number of imide groups is 1. The maximum Gasteiger partial charge on any atom is 0.342 e. The summed E-state index contributed by atoms with van der Waals surface area (Å²) >= 11 is 0. The molecule has 2 N–H and O–H groups in total. The molecule has 0 heterocycles. The van der Waals surface area contributed by atoms with E-state index < -0.39 is 24.5 Å². The summed E-state index contributed by atoms with van der Waals surface area (Å²) in [5.41, 5.74) is 2.04. The molecule has 0 aromatic heterocycles. The minimum atomic E-state index is -0.735. The molecule has 0 aliphatic rings. The minimum Gasteiger partial charge on any atom is -0.488 e. The monoisotopic (exact) mass is 418 g/mol. The molecule has 0 bridgehead atoms. The van der Waals surface area contributed by atoms with Crippen LogP contribution in [-0.4, -0.2) is 24.5 Å². The van der Waals surface area contributed by atoms with Gasteiger partial charge in [0.05, 0.1) is 0 Å². The Balaban J connectivity index is 1.46. The zero-order chi connectivity index (χ0) is 21.9. The molecule has 158 valence electrons. The van der Waals surface area contributed by atoms with E-state index in [1.807, 2.05) is 60.7 Å². The normalized spacial score (nSPS) is 10.1. The molecule has 0 fully saturated rings. The highest BCUT2D eigenvalue weighted by Crippen LogP contribution is 2.20. The lowest BCUT2D eigenvalue weighted by atomic mass is 10.2. The van der Waals surface area contributed by atoms with Crippen molar-refractivity contribution in [3.63, 3.8) is 0 Å². The number of hydrogen-bond donors (Lipinski definition) is 2. The number of para-hydroxylation sites is 1. The van der Waals surface area contributed by atoms with Crippen LogP contribution in [0.15, 0.2) is 84.9 Å². The quantitative estimate of drug-likeness (QED) is 0.547. The molecule has 0 saturated heterocycles. The van der Waals surface area contributed by atoms with Gasteiger partial charge in [-0.25, -0.2) is 9.59 Å². The number of urea groups is 1. The lowest BCUT2D eigenvalue weighted by Gasteiger charge is -2.11. The maximum atomic E-state index is 12.4. The highest BCUT2D eigenvalue weighted by molar-refractivity contribution is 5.97. The molecule has 3 aromatic rings. The van der Waals surface area contributed by atoms with E-state index in [0.717, 1.165) is 11.1 Å². The van der Waals surface area contributed by atoms with Crippen LogP contribution < -0.4 is 15.4 Å². The van der Waals surface area contributed by atoms with Crippen molar-refractivity contribution in [1.29, 1.82) is 0 Å². The van der Waals surface area contributed by atoms with Crippen molar-refractivity contribution in [3.05, 3.63) is 102 Å². The van der Waals surface area contributed by atoms with Gasteiger partial charge in [-0.2, -0.15) is 0 Å². The van der Waals surface area contributed by atoms with Gasteiger partial charge in [0.1, 0.15) is 17.9 Å². The van der Waals surface area contributed by atoms with Crippen LogP contribution in [0.2, 0.25) is 0 Å². The van der Waals surface area contributed by atoms with Gasteiger partial charge in [0.25, 0.3) is 5.91 Å². The first kappa shape index (κ1) is 21.6. The van der Waals surface area contributed by atoms with Gasteiger partial charge in [0.2, 0.25) is 0 Å². The van der Waals surface area contributed by atoms with Gasteiger partial charge in [-0.1, -0.05) is 72.8 Å². The summed E-state index contributed by atoms with van der Waals surface area (Å²) in [7, 11) is 0. The van der Waals surface area contributed by atoms with Crippen molar-refractivity contribution in [3.8, 4) is 5.75 Å². The SMILES string of the molecule is O=C(COC(=O)c1ccccc1OCc1ccccc1)NC(=O)NCc1ccccc1.